The summed E-state index contributed by atoms with van der Waals surface area (Å²) in [4.78, 5) is 72.6. The van der Waals surface area contributed by atoms with Gasteiger partial charge >= 0.3 is 39.5 Å². The second-order valence-electron chi connectivity index (χ2n) is 27.8. The zero-order valence-corrected chi connectivity index (χ0v) is 61.8. The summed E-state index contributed by atoms with van der Waals surface area (Å²) in [5, 5.41) is 10.6. The van der Waals surface area contributed by atoms with Crippen molar-refractivity contribution in [3.05, 3.63) is 0 Å². The SMILES string of the molecule is CCCCCCCCCCCCCCCCCCCCCC(=O)O[C@H](COC(=O)CCCCCCCCCCCCC(C)C)COP(=O)(O)OC[C@@H](O)COP(=O)(O)OC[C@@H](COC(=O)CCCCCCCCC(C)C)OC(=O)CCCCCCCCCCC(C)C. The number of esters is 4. The van der Waals surface area contributed by atoms with E-state index in [1.54, 1.807) is 0 Å². The summed E-state index contributed by atoms with van der Waals surface area (Å²) >= 11 is 0. The standard InChI is InChI=1S/C73H142O17P2/c1-8-9-10-11-12-13-14-15-16-17-18-19-20-21-22-27-33-42-49-56-72(77)89-68(60-83-70(75)54-47-40-32-26-24-23-25-30-37-44-51-64(2)3)62-87-91(79,80)85-58-67(74)59-86-92(81,82)88-63-69(61-84-71(76)55-48-41-36-35-39-46-53-66(6)7)90-73(78)57-50-43-34-29-28-31-38-45-52-65(4)5/h64-69,74H,8-63H2,1-7H3,(H,79,80)(H,81,82)/t67-,68-,69-/m1/s1. The van der Waals surface area contributed by atoms with Gasteiger partial charge in [0.15, 0.2) is 12.2 Å². The first-order valence-electron chi connectivity index (χ1n) is 37.8. The van der Waals surface area contributed by atoms with E-state index >= 15 is 0 Å². The quantitative estimate of drug-likeness (QED) is 0.0222. The van der Waals surface area contributed by atoms with Gasteiger partial charge in [-0.05, 0) is 43.4 Å². The molecule has 0 aliphatic heterocycles. The van der Waals surface area contributed by atoms with Crippen LogP contribution in [0.4, 0.5) is 0 Å². The van der Waals surface area contributed by atoms with Crippen LogP contribution in [0.15, 0.2) is 0 Å². The molecule has 0 bridgehead atoms. The van der Waals surface area contributed by atoms with Crippen molar-refractivity contribution in [1.29, 1.82) is 0 Å². The lowest BCUT2D eigenvalue weighted by Gasteiger charge is -2.21. The van der Waals surface area contributed by atoms with Gasteiger partial charge in [0, 0.05) is 25.7 Å². The van der Waals surface area contributed by atoms with Crippen LogP contribution in [-0.4, -0.2) is 96.7 Å². The molecule has 0 aromatic heterocycles. The van der Waals surface area contributed by atoms with Crippen LogP contribution < -0.4 is 0 Å². The average Bonchev–Trinajstić information content (AvgIpc) is 2.36. The first-order valence-corrected chi connectivity index (χ1v) is 40.8. The predicted molar refractivity (Wildman–Crippen MR) is 372 cm³/mol. The smallest absolute Gasteiger partial charge is 0.462 e. The number of hydrogen-bond donors (Lipinski definition) is 3. The van der Waals surface area contributed by atoms with Crippen molar-refractivity contribution < 1.29 is 80.2 Å². The van der Waals surface area contributed by atoms with E-state index in [2.05, 4.69) is 48.5 Å². The van der Waals surface area contributed by atoms with Crippen LogP contribution in [0.25, 0.3) is 0 Å². The second kappa shape index (κ2) is 63.8. The molecule has 92 heavy (non-hydrogen) atoms. The van der Waals surface area contributed by atoms with Crippen LogP contribution in [0.2, 0.25) is 0 Å². The van der Waals surface area contributed by atoms with Gasteiger partial charge in [-0.25, -0.2) is 9.13 Å². The molecule has 0 aromatic carbocycles. The maximum Gasteiger partial charge on any atom is 0.472 e. The number of unbranched alkanes of at least 4 members (excludes halogenated alkanes) is 39. The number of aliphatic hydroxyl groups excluding tert-OH is 1. The molecular formula is C73H142O17P2. The van der Waals surface area contributed by atoms with Crippen molar-refractivity contribution >= 4 is 39.5 Å². The third-order valence-electron chi connectivity index (χ3n) is 16.9. The number of rotatable bonds is 71. The molecule has 0 radical (unpaired) electrons. The molecule has 0 aliphatic rings. The van der Waals surface area contributed by atoms with Crippen LogP contribution in [0, 0.1) is 17.8 Å². The Morgan fingerprint density at radius 1 is 0.293 bits per heavy atom. The number of aliphatic hydroxyl groups is 1. The number of carbonyl (C=O) groups excluding carboxylic acids is 4. The van der Waals surface area contributed by atoms with Gasteiger partial charge in [0.25, 0.3) is 0 Å². The van der Waals surface area contributed by atoms with Crippen molar-refractivity contribution in [3.63, 3.8) is 0 Å². The van der Waals surface area contributed by atoms with Gasteiger partial charge in [-0.15, -0.1) is 0 Å². The predicted octanol–water partition coefficient (Wildman–Crippen LogP) is 21.0. The molecule has 2 unspecified atom stereocenters. The topological polar surface area (TPSA) is 237 Å². The highest BCUT2D eigenvalue weighted by atomic mass is 31.2. The summed E-state index contributed by atoms with van der Waals surface area (Å²) in [6.07, 6.45) is 48.9. The zero-order valence-electron chi connectivity index (χ0n) is 60.0. The van der Waals surface area contributed by atoms with Gasteiger partial charge in [-0.1, -0.05) is 318 Å². The average molecular weight is 1350 g/mol. The Kier molecular flexibility index (Phi) is 62.4. The Morgan fingerprint density at radius 3 is 0.739 bits per heavy atom. The van der Waals surface area contributed by atoms with Crippen LogP contribution >= 0.6 is 15.6 Å². The lowest BCUT2D eigenvalue weighted by Crippen LogP contribution is -2.30. The van der Waals surface area contributed by atoms with E-state index < -0.39 is 97.5 Å². The molecule has 3 N–H and O–H groups in total. The molecule has 0 fully saturated rings. The van der Waals surface area contributed by atoms with E-state index in [0.29, 0.717) is 31.6 Å². The third kappa shape index (κ3) is 66.7. The van der Waals surface area contributed by atoms with Gasteiger partial charge in [0.05, 0.1) is 26.4 Å². The van der Waals surface area contributed by atoms with E-state index in [4.69, 9.17) is 37.0 Å². The highest BCUT2D eigenvalue weighted by Gasteiger charge is 2.30. The molecular weight excluding hydrogens is 1210 g/mol. The minimum atomic E-state index is -4.95. The largest absolute Gasteiger partial charge is 0.472 e. The normalized spacial score (nSPS) is 14.1. The first kappa shape index (κ1) is 90.1. The second-order valence-corrected chi connectivity index (χ2v) is 30.7. The Labute approximate surface area is 562 Å². The van der Waals surface area contributed by atoms with Crippen LogP contribution in [-0.2, 0) is 65.4 Å². The van der Waals surface area contributed by atoms with Gasteiger partial charge < -0.3 is 33.8 Å². The van der Waals surface area contributed by atoms with Gasteiger partial charge in [-0.2, -0.15) is 0 Å². The minimum Gasteiger partial charge on any atom is -0.462 e. The van der Waals surface area contributed by atoms with E-state index in [9.17, 15) is 43.2 Å². The summed E-state index contributed by atoms with van der Waals surface area (Å²) in [5.41, 5.74) is 0. The molecule has 0 saturated heterocycles. The van der Waals surface area contributed by atoms with E-state index in [0.717, 1.165) is 108 Å². The summed E-state index contributed by atoms with van der Waals surface area (Å²) in [6, 6.07) is 0. The Morgan fingerprint density at radius 2 is 0.500 bits per heavy atom. The lowest BCUT2D eigenvalue weighted by atomic mass is 10.0. The highest BCUT2D eigenvalue weighted by molar-refractivity contribution is 7.47. The molecule has 19 heteroatoms. The molecule has 0 amide bonds. The summed E-state index contributed by atoms with van der Waals surface area (Å²) in [7, 11) is -9.90. The molecule has 0 aromatic rings. The molecule has 0 spiro atoms. The fraction of sp³-hybridized carbons (Fsp3) is 0.945. The fourth-order valence-electron chi connectivity index (χ4n) is 11.1. The number of hydrogen-bond acceptors (Lipinski definition) is 15. The van der Waals surface area contributed by atoms with Gasteiger partial charge in [-0.3, -0.25) is 37.3 Å². The molecule has 546 valence electrons. The highest BCUT2D eigenvalue weighted by Crippen LogP contribution is 2.45. The number of phosphoric acid groups is 2. The first-order chi connectivity index (χ1) is 44.2. The summed E-state index contributed by atoms with van der Waals surface area (Å²) < 4.78 is 68.3. The van der Waals surface area contributed by atoms with Crippen LogP contribution in [0.1, 0.15) is 370 Å². The maximum atomic E-state index is 13.1. The fourth-order valence-corrected chi connectivity index (χ4v) is 12.7. The molecule has 17 nitrogen and oxygen atoms in total. The minimum absolute atomic E-state index is 0.103. The van der Waals surface area contributed by atoms with Crippen molar-refractivity contribution in [2.45, 2.75) is 388 Å². The van der Waals surface area contributed by atoms with Gasteiger partial charge in [0.2, 0.25) is 0 Å². The summed E-state index contributed by atoms with van der Waals surface area (Å²) in [5.74, 6) is 0.0297. The Bertz CT molecular complexity index is 1800. The van der Waals surface area contributed by atoms with E-state index in [-0.39, 0.29) is 25.7 Å². The molecule has 0 aliphatic carbocycles. The Balaban J connectivity index is 5.21. The Hall–Kier alpha value is -1.94. The number of phosphoric ester groups is 2. The van der Waals surface area contributed by atoms with E-state index in [1.165, 1.54) is 173 Å². The molecule has 0 heterocycles. The zero-order chi connectivity index (χ0) is 68.0. The van der Waals surface area contributed by atoms with Crippen LogP contribution in [0.3, 0.4) is 0 Å². The molecule has 5 atom stereocenters. The number of ether oxygens (including phenoxy) is 4. The lowest BCUT2D eigenvalue weighted by molar-refractivity contribution is -0.161. The van der Waals surface area contributed by atoms with E-state index in [1.807, 2.05) is 0 Å². The van der Waals surface area contributed by atoms with Crippen LogP contribution in [0.5, 0.6) is 0 Å². The van der Waals surface area contributed by atoms with Gasteiger partial charge in [0.1, 0.15) is 19.3 Å². The van der Waals surface area contributed by atoms with Crippen molar-refractivity contribution in [2.75, 3.05) is 39.6 Å². The van der Waals surface area contributed by atoms with Crippen molar-refractivity contribution in [2.24, 2.45) is 17.8 Å². The monoisotopic (exact) mass is 1350 g/mol. The third-order valence-corrected chi connectivity index (χ3v) is 18.8. The maximum absolute atomic E-state index is 13.1. The summed E-state index contributed by atoms with van der Waals surface area (Å²) in [6.45, 7) is 11.7. The molecule has 0 saturated carbocycles. The number of carbonyl (C=O) groups is 4. The van der Waals surface area contributed by atoms with Crippen molar-refractivity contribution in [3.8, 4) is 0 Å². The van der Waals surface area contributed by atoms with Crippen molar-refractivity contribution in [1.82, 2.24) is 0 Å². The molecule has 0 rings (SSSR count).